The zero-order valence-electron chi connectivity index (χ0n) is 6.70. The summed E-state index contributed by atoms with van der Waals surface area (Å²) >= 11 is 0. The summed E-state index contributed by atoms with van der Waals surface area (Å²) in [6, 6.07) is 0. The van der Waals surface area contributed by atoms with E-state index in [-0.39, 0.29) is 5.48 Å². The monoisotopic (exact) mass is 150 g/mol. The predicted molar refractivity (Wildman–Crippen MR) is 46.9 cm³/mol. The van der Waals surface area contributed by atoms with Gasteiger partial charge >= 0.3 is 0 Å². The van der Waals surface area contributed by atoms with E-state index in [1.54, 1.807) is 0 Å². The molecule has 0 aromatic heterocycles. The maximum absolute atomic E-state index is 2.94. The molecule has 0 aliphatic carbocycles. The quantitative estimate of drug-likeness (QED) is 0.551. The molecule has 9 heavy (non-hydrogen) atoms. The fraction of sp³-hybridized carbons (Fsp3) is 1.00. The highest BCUT2D eigenvalue weighted by molar-refractivity contribution is 7.18. The second-order valence-electron chi connectivity index (χ2n) is 2.42. The van der Waals surface area contributed by atoms with Gasteiger partial charge in [-0.2, -0.15) is 0 Å². The second kappa shape index (κ2) is 5.20. The molecule has 0 saturated carbocycles. The smallest absolute Gasteiger partial charge is 0.0158 e. The van der Waals surface area contributed by atoms with E-state index in [1.807, 2.05) is 0 Å². The molecule has 0 spiro atoms. The summed E-state index contributed by atoms with van der Waals surface area (Å²) in [5.41, 5.74) is 0. The zero-order chi connectivity index (χ0) is 6.62. The molecule has 0 aromatic rings. The van der Waals surface area contributed by atoms with Gasteiger partial charge in [0.1, 0.15) is 0 Å². The third kappa shape index (κ3) is 3.89. The second-order valence-corrected chi connectivity index (χ2v) is 3.65. The number of rotatable bonds is 3. The lowest BCUT2D eigenvalue weighted by atomic mass is 9.99. The molecule has 58 valence electrons. The van der Waals surface area contributed by atoms with Gasteiger partial charge in [-0.25, -0.2) is 0 Å². The fourth-order valence-electron chi connectivity index (χ4n) is 0.750. The van der Waals surface area contributed by atoms with Crippen molar-refractivity contribution in [2.24, 2.45) is 0 Å². The van der Waals surface area contributed by atoms with Gasteiger partial charge in [-0.15, -0.1) is 9.24 Å². The molecule has 0 aliphatic heterocycles. The van der Waals surface area contributed by atoms with Crippen LogP contribution in [0.3, 0.4) is 0 Å². The highest BCUT2D eigenvalue weighted by Gasteiger charge is 2.15. The van der Waals surface area contributed by atoms with E-state index < -0.39 is 0 Å². The lowest BCUT2D eigenvalue weighted by Gasteiger charge is -2.23. The third-order valence-electron chi connectivity index (χ3n) is 2.11. The van der Waals surface area contributed by atoms with Crippen LogP contribution in [0.4, 0.5) is 0 Å². The SMILES string of the molecule is CCC(P)(CC)CC.O. The standard InChI is InChI=1S/C7H17P.H2O/c1-4-7(8,5-2)6-3;/h4-6,8H2,1-3H3;1H2. The van der Waals surface area contributed by atoms with Gasteiger partial charge in [-0.1, -0.05) is 20.8 Å². The highest BCUT2D eigenvalue weighted by atomic mass is 31.0. The Hall–Kier alpha value is 0.390. The molecule has 0 fully saturated rings. The van der Waals surface area contributed by atoms with Gasteiger partial charge in [-0.05, 0) is 24.4 Å². The Morgan fingerprint density at radius 3 is 1.22 bits per heavy atom. The molecule has 1 unspecified atom stereocenters. The van der Waals surface area contributed by atoms with Crippen molar-refractivity contribution >= 4 is 9.24 Å². The zero-order valence-corrected chi connectivity index (χ0v) is 7.85. The van der Waals surface area contributed by atoms with Crippen molar-refractivity contribution < 1.29 is 5.48 Å². The molecular weight excluding hydrogens is 131 g/mol. The molecule has 0 radical (unpaired) electrons. The molecule has 0 aliphatic rings. The van der Waals surface area contributed by atoms with Crippen molar-refractivity contribution in [2.45, 2.75) is 45.2 Å². The van der Waals surface area contributed by atoms with Crippen LogP contribution in [0.2, 0.25) is 0 Å². The van der Waals surface area contributed by atoms with Crippen LogP contribution < -0.4 is 0 Å². The van der Waals surface area contributed by atoms with Crippen molar-refractivity contribution in [1.29, 1.82) is 0 Å². The van der Waals surface area contributed by atoms with Gasteiger partial charge < -0.3 is 5.48 Å². The van der Waals surface area contributed by atoms with Crippen LogP contribution in [0.25, 0.3) is 0 Å². The van der Waals surface area contributed by atoms with E-state index in [1.165, 1.54) is 19.3 Å². The van der Waals surface area contributed by atoms with E-state index >= 15 is 0 Å². The van der Waals surface area contributed by atoms with E-state index in [2.05, 4.69) is 30.0 Å². The van der Waals surface area contributed by atoms with Crippen LogP contribution in [0.15, 0.2) is 0 Å². The van der Waals surface area contributed by atoms with Crippen molar-refractivity contribution in [3.05, 3.63) is 0 Å². The third-order valence-corrected chi connectivity index (χ3v) is 3.34. The summed E-state index contributed by atoms with van der Waals surface area (Å²) < 4.78 is 0. The lowest BCUT2D eigenvalue weighted by molar-refractivity contribution is 0.531. The van der Waals surface area contributed by atoms with Gasteiger partial charge in [-0.3, -0.25) is 0 Å². The van der Waals surface area contributed by atoms with Crippen molar-refractivity contribution in [2.75, 3.05) is 0 Å². The van der Waals surface area contributed by atoms with Crippen molar-refractivity contribution in [3.8, 4) is 0 Å². The fourth-order valence-corrected chi connectivity index (χ4v) is 0.750. The molecule has 0 amide bonds. The summed E-state index contributed by atoms with van der Waals surface area (Å²) in [6.07, 6.45) is 3.85. The number of hydrogen-bond acceptors (Lipinski definition) is 0. The molecule has 1 atom stereocenters. The first-order valence-electron chi connectivity index (χ1n) is 3.47. The minimum atomic E-state index is 0. The summed E-state index contributed by atoms with van der Waals surface area (Å²) in [6.45, 7) is 6.75. The van der Waals surface area contributed by atoms with E-state index in [4.69, 9.17) is 0 Å². The largest absolute Gasteiger partial charge is 0.412 e. The maximum atomic E-state index is 2.94. The van der Waals surface area contributed by atoms with Gasteiger partial charge in [0, 0.05) is 0 Å². The summed E-state index contributed by atoms with van der Waals surface area (Å²) in [4.78, 5) is 0. The molecule has 2 N–H and O–H groups in total. The Morgan fingerprint density at radius 2 is 1.22 bits per heavy atom. The van der Waals surface area contributed by atoms with Gasteiger partial charge in [0.05, 0.1) is 0 Å². The van der Waals surface area contributed by atoms with Gasteiger partial charge in [0.15, 0.2) is 0 Å². The average Bonchev–Trinajstić information content (AvgIpc) is 1.87. The topological polar surface area (TPSA) is 31.5 Å². The highest BCUT2D eigenvalue weighted by Crippen LogP contribution is 2.29. The predicted octanol–water partition coefficient (Wildman–Crippen LogP) is 2.01. The molecule has 1 nitrogen and oxygen atoms in total. The Morgan fingerprint density at radius 1 is 1.00 bits per heavy atom. The normalized spacial score (nSPS) is 10.7. The van der Waals surface area contributed by atoms with Gasteiger partial charge in [0.2, 0.25) is 0 Å². The molecule has 2 heteroatoms. The Labute approximate surface area is 60.7 Å². The van der Waals surface area contributed by atoms with Crippen LogP contribution in [-0.4, -0.2) is 10.6 Å². The minimum Gasteiger partial charge on any atom is -0.412 e. The summed E-state index contributed by atoms with van der Waals surface area (Å²) in [7, 11) is 2.94. The van der Waals surface area contributed by atoms with Gasteiger partial charge in [0.25, 0.3) is 0 Å². The first-order chi connectivity index (χ1) is 3.68. The number of hydrogen-bond donors (Lipinski definition) is 0. The van der Waals surface area contributed by atoms with E-state index in [9.17, 15) is 0 Å². The van der Waals surface area contributed by atoms with Crippen LogP contribution >= 0.6 is 9.24 Å². The van der Waals surface area contributed by atoms with Crippen molar-refractivity contribution in [3.63, 3.8) is 0 Å². The van der Waals surface area contributed by atoms with E-state index in [0.29, 0.717) is 5.16 Å². The lowest BCUT2D eigenvalue weighted by Crippen LogP contribution is -2.15. The first kappa shape index (κ1) is 12.1. The maximum Gasteiger partial charge on any atom is -0.0158 e. The summed E-state index contributed by atoms with van der Waals surface area (Å²) in [5, 5.41) is 0.542. The molecular formula is C7H19OP. The van der Waals surface area contributed by atoms with Crippen LogP contribution in [0.5, 0.6) is 0 Å². The molecule has 0 saturated heterocycles. The molecule has 0 rings (SSSR count). The van der Waals surface area contributed by atoms with Crippen LogP contribution in [0, 0.1) is 0 Å². The average molecular weight is 150 g/mol. The van der Waals surface area contributed by atoms with E-state index in [0.717, 1.165) is 0 Å². The van der Waals surface area contributed by atoms with Crippen LogP contribution in [-0.2, 0) is 0 Å². The Balaban J connectivity index is 0. The molecule has 0 heterocycles. The first-order valence-corrected chi connectivity index (χ1v) is 4.05. The Bertz CT molecular complexity index is 51.7. The summed E-state index contributed by atoms with van der Waals surface area (Å²) in [5.74, 6) is 0. The molecule has 0 aromatic carbocycles. The Kier molecular flexibility index (Phi) is 6.99. The van der Waals surface area contributed by atoms with Crippen molar-refractivity contribution in [1.82, 2.24) is 0 Å². The van der Waals surface area contributed by atoms with Crippen LogP contribution in [0.1, 0.15) is 40.0 Å². The molecule has 0 bridgehead atoms. The minimum absolute atomic E-state index is 0.